The second-order valence-corrected chi connectivity index (χ2v) is 6.63. The SMILES string of the molecule is O=C(N/N=C\c1ccc(Cl)cc1)c1cccc(N/N=C\c2ccc(Cl)cc2)c1. The van der Waals surface area contributed by atoms with E-state index in [0.717, 1.165) is 11.1 Å². The molecule has 28 heavy (non-hydrogen) atoms. The number of benzene rings is 3. The molecule has 0 spiro atoms. The zero-order valence-corrected chi connectivity index (χ0v) is 16.2. The van der Waals surface area contributed by atoms with Gasteiger partial charge in [0.2, 0.25) is 0 Å². The maximum Gasteiger partial charge on any atom is 0.271 e. The third-order valence-corrected chi connectivity index (χ3v) is 4.16. The summed E-state index contributed by atoms with van der Waals surface area (Å²) < 4.78 is 0. The summed E-state index contributed by atoms with van der Waals surface area (Å²) >= 11 is 11.7. The summed E-state index contributed by atoms with van der Waals surface area (Å²) in [6, 6.07) is 21.4. The van der Waals surface area contributed by atoms with Crippen LogP contribution in [0.3, 0.4) is 0 Å². The largest absolute Gasteiger partial charge is 0.278 e. The molecule has 0 saturated heterocycles. The van der Waals surface area contributed by atoms with Crippen LogP contribution in [0.5, 0.6) is 0 Å². The van der Waals surface area contributed by atoms with Gasteiger partial charge in [0.1, 0.15) is 0 Å². The van der Waals surface area contributed by atoms with E-state index in [4.69, 9.17) is 23.2 Å². The molecular formula is C21H16Cl2N4O. The molecule has 0 radical (unpaired) electrons. The van der Waals surface area contributed by atoms with Gasteiger partial charge in [-0.05, 0) is 53.6 Å². The Morgan fingerprint density at radius 2 is 1.36 bits per heavy atom. The second-order valence-electron chi connectivity index (χ2n) is 5.75. The van der Waals surface area contributed by atoms with Gasteiger partial charge in [-0.1, -0.05) is 53.5 Å². The molecule has 0 unspecified atom stereocenters. The molecule has 0 bridgehead atoms. The van der Waals surface area contributed by atoms with E-state index in [0.29, 0.717) is 21.3 Å². The normalized spacial score (nSPS) is 11.1. The minimum Gasteiger partial charge on any atom is -0.278 e. The summed E-state index contributed by atoms with van der Waals surface area (Å²) in [5.74, 6) is -0.324. The van der Waals surface area contributed by atoms with Crippen LogP contribution in [0.15, 0.2) is 83.0 Å². The van der Waals surface area contributed by atoms with E-state index in [-0.39, 0.29) is 5.91 Å². The van der Waals surface area contributed by atoms with Gasteiger partial charge in [-0.3, -0.25) is 10.2 Å². The molecule has 0 aliphatic heterocycles. The van der Waals surface area contributed by atoms with Gasteiger partial charge in [-0.25, -0.2) is 5.43 Å². The van der Waals surface area contributed by atoms with E-state index < -0.39 is 0 Å². The molecule has 3 rings (SSSR count). The van der Waals surface area contributed by atoms with Crippen molar-refractivity contribution < 1.29 is 4.79 Å². The van der Waals surface area contributed by atoms with E-state index in [9.17, 15) is 4.79 Å². The highest BCUT2D eigenvalue weighted by atomic mass is 35.5. The predicted octanol–water partition coefficient (Wildman–Crippen LogP) is 5.20. The van der Waals surface area contributed by atoms with Gasteiger partial charge in [-0.15, -0.1) is 0 Å². The Morgan fingerprint density at radius 3 is 1.96 bits per heavy atom. The highest BCUT2D eigenvalue weighted by Gasteiger charge is 2.04. The number of hydrogen-bond donors (Lipinski definition) is 2. The molecule has 0 aliphatic carbocycles. The van der Waals surface area contributed by atoms with Crippen LogP contribution < -0.4 is 10.9 Å². The summed E-state index contributed by atoms with van der Waals surface area (Å²) in [6.07, 6.45) is 3.21. The minimum atomic E-state index is -0.324. The Hall–Kier alpha value is -3.15. The number of carbonyl (C=O) groups excluding carboxylic acids is 1. The quantitative estimate of drug-likeness (QED) is 0.432. The Balaban J connectivity index is 1.58. The van der Waals surface area contributed by atoms with Crippen LogP contribution >= 0.6 is 23.2 Å². The summed E-state index contributed by atoms with van der Waals surface area (Å²) in [4.78, 5) is 12.2. The van der Waals surface area contributed by atoms with Gasteiger partial charge in [0.15, 0.2) is 0 Å². The number of halogens is 2. The Kier molecular flexibility index (Phi) is 6.78. The Morgan fingerprint density at radius 1 is 0.786 bits per heavy atom. The molecule has 0 aliphatic rings. The molecular weight excluding hydrogens is 395 g/mol. The molecule has 1 amide bonds. The summed E-state index contributed by atoms with van der Waals surface area (Å²) in [5.41, 5.74) is 8.26. The van der Waals surface area contributed by atoms with Crippen LogP contribution in [0.4, 0.5) is 5.69 Å². The molecule has 7 heteroatoms. The van der Waals surface area contributed by atoms with Crippen LogP contribution in [-0.4, -0.2) is 18.3 Å². The standard InChI is InChI=1S/C21H16Cl2N4O/c22-18-8-4-15(5-9-18)13-24-26-20-3-1-2-17(12-20)21(28)27-25-14-16-6-10-19(23)11-7-16/h1-14,26H,(H,27,28)/b24-13-,25-14-. The van der Waals surface area contributed by atoms with E-state index in [1.807, 2.05) is 18.2 Å². The first-order chi connectivity index (χ1) is 13.6. The number of amides is 1. The first-order valence-electron chi connectivity index (χ1n) is 8.34. The van der Waals surface area contributed by atoms with Gasteiger partial charge in [0.25, 0.3) is 5.91 Å². The number of nitrogens with one attached hydrogen (secondary N) is 2. The van der Waals surface area contributed by atoms with E-state index >= 15 is 0 Å². The average Bonchev–Trinajstić information content (AvgIpc) is 2.71. The lowest BCUT2D eigenvalue weighted by Crippen LogP contribution is -2.17. The molecule has 3 aromatic rings. The van der Waals surface area contributed by atoms with Gasteiger partial charge >= 0.3 is 0 Å². The average molecular weight is 411 g/mol. The third-order valence-electron chi connectivity index (χ3n) is 3.65. The Bertz CT molecular complexity index is 1000. The first kappa shape index (κ1) is 19.6. The van der Waals surface area contributed by atoms with Crippen molar-refractivity contribution in [3.63, 3.8) is 0 Å². The fraction of sp³-hybridized carbons (Fsp3) is 0. The summed E-state index contributed by atoms with van der Waals surface area (Å²) in [6.45, 7) is 0. The maximum absolute atomic E-state index is 12.2. The monoisotopic (exact) mass is 410 g/mol. The molecule has 0 aromatic heterocycles. The fourth-order valence-corrected chi connectivity index (χ4v) is 2.49. The van der Waals surface area contributed by atoms with Crippen molar-refractivity contribution in [1.82, 2.24) is 5.43 Å². The molecule has 0 heterocycles. The van der Waals surface area contributed by atoms with Gasteiger partial charge < -0.3 is 0 Å². The molecule has 0 saturated carbocycles. The van der Waals surface area contributed by atoms with Gasteiger partial charge in [-0.2, -0.15) is 10.2 Å². The molecule has 0 fully saturated rings. The second kappa shape index (κ2) is 9.69. The van der Waals surface area contributed by atoms with E-state index in [1.165, 1.54) is 0 Å². The smallest absolute Gasteiger partial charge is 0.271 e. The predicted molar refractivity (Wildman–Crippen MR) is 116 cm³/mol. The van der Waals surface area contributed by atoms with Crippen molar-refractivity contribution in [3.8, 4) is 0 Å². The number of nitrogens with zero attached hydrogens (tertiary/aromatic N) is 2. The number of anilines is 1. The highest BCUT2D eigenvalue weighted by Crippen LogP contribution is 2.12. The highest BCUT2D eigenvalue weighted by molar-refractivity contribution is 6.30. The van der Waals surface area contributed by atoms with Crippen molar-refractivity contribution in [3.05, 3.63) is 99.5 Å². The topological polar surface area (TPSA) is 65.8 Å². The van der Waals surface area contributed by atoms with E-state index in [1.54, 1.807) is 67.0 Å². The lowest BCUT2D eigenvalue weighted by molar-refractivity contribution is 0.0955. The van der Waals surface area contributed by atoms with Crippen molar-refractivity contribution in [1.29, 1.82) is 0 Å². The first-order valence-corrected chi connectivity index (χ1v) is 9.09. The zero-order valence-electron chi connectivity index (χ0n) is 14.6. The summed E-state index contributed by atoms with van der Waals surface area (Å²) in [7, 11) is 0. The lowest BCUT2D eigenvalue weighted by Gasteiger charge is -2.04. The van der Waals surface area contributed by atoms with Gasteiger partial charge in [0.05, 0.1) is 18.1 Å². The lowest BCUT2D eigenvalue weighted by atomic mass is 10.2. The Labute approximate surface area is 172 Å². The molecule has 2 N–H and O–H groups in total. The minimum absolute atomic E-state index is 0.324. The van der Waals surface area contributed by atoms with Crippen LogP contribution in [0, 0.1) is 0 Å². The number of carbonyl (C=O) groups is 1. The van der Waals surface area contributed by atoms with Crippen LogP contribution in [0.25, 0.3) is 0 Å². The molecule has 140 valence electrons. The van der Waals surface area contributed by atoms with Crippen molar-refractivity contribution in [2.45, 2.75) is 0 Å². The van der Waals surface area contributed by atoms with Crippen molar-refractivity contribution in [2.24, 2.45) is 10.2 Å². The van der Waals surface area contributed by atoms with Crippen molar-refractivity contribution >= 4 is 47.2 Å². The molecule has 5 nitrogen and oxygen atoms in total. The maximum atomic E-state index is 12.2. The van der Waals surface area contributed by atoms with Crippen LogP contribution in [0.1, 0.15) is 21.5 Å². The van der Waals surface area contributed by atoms with E-state index in [2.05, 4.69) is 21.1 Å². The third kappa shape index (κ3) is 5.94. The number of rotatable bonds is 6. The molecule has 0 atom stereocenters. The fourth-order valence-electron chi connectivity index (χ4n) is 2.24. The van der Waals surface area contributed by atoms with Crippen molar-refractivity contribution in [2.75, 3.05) is 5.43 Å². The molecule has 3 aromatic carbocycles. The van der Waals surface area contributed by atoms with Crippen LogP contribution in [-0.2, 0) is 0 Å². The number of hydrogen-bond acceptors (Lipinski definition) is 4. The van der Waals surface area contributed by atoms with Crippen LogP contribution in [0.2, 0.25) is 10.0 Å². The zero-order chi connectivity index (χ0) is 19.8. The summed E-state index contributed by atoms with van der Waals surface area (Å²) in [5, 5.41) is 9.43. The van der Waals surface area contributed by atoms with Gasteiger partial charge in [0, 0.05) is 15.6 Å². The number of hydrazone groups is 2.